The van der Waals surface area contributed by atoms with Crippen LogP contribution in [0.3, 0.4) is 0 Å². The number of pyridine rings is 2. The molecular formula is C36H43N5O4. The van der Waals surface area contributed by atoms with Gasteiger partial charge >= 0.3 is 5.97 Å². The van der Waals surface area contributed by atoms with Gasteiger partial charge in [0.1, 0.15) is 17.3 Å². The molecule has 4 heterocycles. The molecule has 2 saturated heterocycles. The average molecular weight is 610 g/mol. The van der Waals surface area contributed by atoms with E-state index in [9.17, 15) is 9.90 Å². The molecule has 9 heteroatoms. The van der Waals surface area contributed by atoms with Crippen molar-refractivity contribution in [1.82, 2.24) is 19.8 Å². The number of anilines is 2. The monoisotopic (exact) mass is 609 g/mol. The van der Waals surface area contributed by atoms with Crippen LogP contribution in [0.5, 0.6) is 5.75 Å². The van der Waals surface area contributed by atoms with Crippen molar-refractivity contribution in [3.8, 4) is 16.9 Å². The number of nitrogens with zero attached hydrogens (tertiary/aromatic N) is 4. The molecule has 9 nitrogen and oxygen atoms in total. The van der Waals surface area contributed by atoms with Gasteiger partial charge in [0.05, 0.1) is 19.8 Å². The smallest absolute Gasteiger partial charge is 0.320 e. The van der Waals surface area contributed by atoms with Gasteiger partial charge in [-0.1, -0.05) is 30.7 Å². The quantitative estimate of drug-likeness (QED) is 0.193. The molecule has 0 bridgehead atoms. The summed E-state index contributed by atoms with van der Waals surface area (Å²) in [5, 5.41) is 14.2. The number of fused-ring (bicyclic) bond motifs is 1. The van der Waals surface area contributed by atoms with Crippen LogP contribution in [0.1, 0.15) is 42.4 Å². The summed E-state index contributed by atoms with van der Waals surface area (Å²) in [4.78, 5) is 25.7. The van der Waals surface area contributed by atoms with Gasteiger partial charge in [0.25, 0.3) is 0 Å². The molecule has 0 spiro atoms. The molecular weight excluding hydrogens is 566 g/mol. The highest BCUT2D eigenvalue weighted by Gasteiger charge is 2.28. The Bertz CT molecular complexity index is 1640. The minimum absolute atomic E-state index is 0.435. The molecule has 2 N–H and O–H groups in total. The number of hydrogen-bond acceptors (Lipinski definition) is 8. The van der Waals surface area contributed by atoms with E-state index < -0.39 is 12.0 Å². The Morgan fingerprint density at radius 3 is 2.64 bits per heavy atom. The van der Waals surface area contributed by atoms with Crippen LogP contribution in [-0.2, 0) is 16.1 Å². The highest BCUT2D eigenvalue weighted by molar-refractivity contribution is 5.91. The van der Waals surface area contributed by atoms with Crippen LogP contribution < -0.4 is 10.1 Å². The van der Waals surface area contributed by atoms with Gasteiger partial charge in [-0.3, -0.25) is 19.6 Å². The summed E-state index contributed by atoms with van der Waals surface area (Å²) in [5.74, 6) is 0.864. The molecule has 1 unspecified atom stereocenters. The number of benzene rings is 2. The molecule has 236 valence electrons. The summed E-state index contributed by atoms with van der Waals surface area (Å²) in [5.41, 5.74) is 7.28. The summed E-state index contributed by atoms with van der Waals surface area (Å²) in [6, 6.07) is 16.2. The van der Waals surface area contributed by atoms with Gasteiger partial charge in [-0.05, 0) is 91.7 Å². The zero-order chi connectivity index (χ0) is 31.2. The first-order chi connectivity index (χ1) is 22.0. The lowest BCUT2D eigenvalue weighted by Crippen LogP contribution is -2.44. The number of likely N-dealkylation sites (tertiary alicyclic amines) is 1. The fourth-order valence-corrected chi connectivity index (χ4v) is 6.53. The summed E-state index contributed by atoms with van der Waals surface area (Å²) < 4.78 is 11.7. The summed E-state index contributed by atoms with van der Waals surface area (Å²) in [7, 11) is 0. The number of ether oxygens (including phenoxy) is 2. The number of aromatic nitrogens is 2. The summed E-state index contributed by atoms with van der Waals surface area (Å²) >= 11 is 0. The molecule has 0 radical (unpaired) electrons. The van der Waals surface area contributed by atoms with Crippen molar-refractivity contribution in [1.29, 1.82) is 0 Å². The molecule has 1 atom stereocenters. The topological polar surface area (TPSA) is 100 Å². The summed E-state index contributed by atoms with van der Waals surface area (Å²) in [6.07, 6.45) is 7.30. The number of nitrogens with one attached hydrogen (secondary N) is 1. The fourth-order valence-electron chi connectivity index (χ4n) is 6.53. The predicted octanol–water partition coefficient (Wildman–Crippen LogP) is 6.20. The van der Waals surface area contributed by atoms with Crippen molar-refractivity contribution in [2.45, 2.75) is 52.1 Å². The number of piperidine rings is 1. The van der Waals surface area contributed by atoms with Crippen LogP contribution in [0.25, 0.3) is 22.0 Å². The number of carboxylic acid groups (broad SMARTS) is 1. The lowest BCUT2D eigenvalue weighted by molar-refractivity contribution is -0.144. The number of morpholine rings is 1. The predicted molar refractivity (Wildman–Crippen MR) is 177 cm³/mol. The van der Waals surface area contributed by atoms with Gasteiger partial charge in [0.2, 0.25) is 0 Å². The molecule has 0 amide bonds. The van der Waals surface area contributed by atoms with E-state index in [0.717, 1.165) is 109 Å². The highest BCUT2D eigenvalue weighted by atomic mass is 16.5. The Morgan fingerprint density at radius 2 is 1.82 bits per heavy atom. The third-order valence-corrected chi connectivity index (χ3v) is 9.08. The SMILES string of the molecule is Cc1c(Nc2nccc3cc(CN4CCCCC4C(=O)O)cnc23)cccc1-c1cccc(OCCCN2CCOCC2)c1C. The van der Waals surface area contributed by atoms with E-state index in [1.54, 1.807) is 6.20 Å². The van der Waals surface area contributed by atoms with E-state index in [4.69, 9.17) is 14.5 Å². The Labute approximate surface area is 265 Å². The Morgan fingerprint density at radius 1 is 1.02 bits per heavy atom. The zero-order valence-corrected chi connectivity index (χ0v) is 26.3. The van der Waals surface area contributed by atoms with Gasteiger partial charge < -0.3 is 19.9 Å². The van der Waals surface area contributed by atoms with Gasteiger partial charge in [-0.15, -0.1) is 0 Å². The number of carbonyl (C=O) groups is 1. The Hall–Kier alpha value is -4.05. The van der Waals surface area contributed by atoms with Crippen molar-refractivity contribution in [3.05, 3.63) is 77.6 Å². The standard InChI is InChI=1S/C36H43N5O4/c1-25-29(30-9-6-12-33(26(30)2)45-19-7-15-40-17-20-44-21-18-40)8-5-10-31(25)39-35-34-28(13-14-37-35)22-27(23-38-34)24-41-16-4-3-11-32(41)36(42)43/h5-6,8-10,12-14,22-23,32H,3-4,7,11,15-21,24H2,1-2H3,(H,37,39)(H,42,43). The maximum Gasteiger partial charge on any atom is 0.320 e. The maximum atomic E-state index is 11.8. The molecule has 2 fully saturated rings. The Balaban J connectivity index is 1.17. The Kier molecular flexibility index (Phi) is 9.88. The van der Waals surface area contributed by atoms with Crippen molar-refractivity contribution in [3.63, 3.8) is 0 Å². The van der Waals surface area contributed by atoms with E-state index >= 15 is 0 Å². The van der Waals surface area contributed by atoms with E-state index in [1.807, 2.05) is 12.3 Å². The summed E-state index contributed by atoms with van der Waals surface area (Å²) in [6.45, 7) is 11.0. The van der Waals surface area contributed by atoms with Crippen LogP contribution in [0.2, 0.25) is 0 Å². The third kappa shape index (κ3) is 7.27. The van der Waals surface area contributed by atoms with Crippen molar-refractivity contribution in [2.75, 3.05) is 51.3 Å². The minimum atomic E-state index is -0.745. The van der Waals surface area contributed by atoms with Crippen molar-refractivity contribution < 1.29 is 19.4 Å². The fraction of sp³-hybridized carbons (Fsp3) is 0.417. The first kappa shape index (κ1) is 31.0. The van der Waals surface area contributed by atoms with E-state index in [2.05, 4.69) is 76.4 Å². The number of aliphatic carboxylic acids is 1. The molecule has 6 rings (SSSR count). The van der Waals surface area contributed by atoms with Gasteiger partial charge in [0.15, 0.2) is 5.82 Å². The normalized spacial score (nSPS) is 17.8. The molecule has 2 aromatic carbocycles. The van der Waals surface area contributed by atoms with Crippen LogP contribution in [0, 0.1) is 13.8 Å². The molecule has 0 saturated carbocycles. The van der Waals surface area contributed by atoms with Gasteiger partial charge in [-0.25, -0.2) is 4.98 Å². The van der Waals surface area contributed by atoms with Crippen LogP contribution in [0.15, 0.2) is 60.9 Å². The zero-order valence-electron chi connectivity index (χ0n) is 26.3. The largest absolute Gasteiger partial charge is 0.493 e. The van der Waals surface area contributed by atoms with Crippen LogP contribution >= 0.6 is 0 Å². The molecule has 4 aromatic rings. The number of hydrogen-bond donors (Lipinski definition) is 2. The molecule has 2 aliphatic rings. The highest BCUT2D eigenvalue weighted by Crippen LogP contribution is 2.36. The molecule has 2 aliphatic heterocycles. The van der Waals surface area contributed by atoms with E-state index in [1.165, 1.54) is 0 Å². The lowest BCUT2D eigenvalue weighted by atomic mass is 9.95. The second kappa shape index (κ2) is 14.4. The van der Waals surface area contributed by atoms with Crippen LogP contribution in [-0.4, -0.2) is 82.9 Å². The van der Waals surface area contributed by atoms with Crippen LogP contribution in [0.4, 0.5) is 11.5 Å². The average Bonchev–Trinajstić information content (AvgIpc) is 3.05. The van der Waals surface area contributed by atoms with E-state index in [0.29, 0.717) is 25.4 Å². The number of rotatable bonds is 11. The van der Waals surface area contributed by atoms with Gasteiger partial charge in [-0.2, -0.15) is 0 Å². The van der Waals surface area contributed by atoms with E-state index in [-0.39, 0.29) is 0 Å². The second-order valence-electron chi connectivity index (χ2n) is 12.1. The maximum absolute atomic E-state index is 11.8. The lowest BCUT2D eigenvalue weighted by Gasteiger charge is -2.32. The molecule has 45 heavy (non-hydrogen) atoms. The minimum Gasteiger partial charge on any atom is -0.493 e. The first-order valence-electron chi connectivity index (χ1n) is 16.1. The van der Waals surface area contributed by atoms with Crippen molar-refractivity contribution in [2.24, 2.45) is 0 Å². The third-order valence-electron chi connectivity index (χ3n) is 9.08. The first-order valence-corrected chi connectivity index (χ1v) is 16.1. The number of carboxylic acids is 1. The second-order valence-corrected chi connectivity index (χ2v) is 12.1. The van der Waals surface area contributed by atoms with Crippen molar-refractivity contribution >= 4 is 28.4 Å². The van der Waals surface area contributed by atoms with Gasteiger partial charge in [0, 0.05) is 49.6 Å². The molecule has 2 aromatic heterocycles. The molecule has 0 aliphatic carbocycles.